The lowest BCUT2D eigenvalue weighted by Gasteiger charge is -2.07. The van der Waals surface area contributed by atoms with Gasteiger partial charge in [0.25, 0.3) is 0 Å². The summed E-state index contributed by atoms with van der Waals surface area (Å²) in [5, 5.41) is 9.52. The molecule has 1 atom stereocenters. The van der Waals surface area contributed by atoms with E-state index >= 15 is 0 Å². The van der Waals surface area contributed by atoms with Crippen molar-refractivity contribution in [2.75, 3.05) is 0 Å². The van der Waals surface area contributed by atoms with Crippen molar-refractivity contribution in [1.82, 2.24) is 20.0 Å². The van der Waals surface area contributed by atoms with E-state index in [0.29, 0.717) is 6.54 Å². The number of hydrogen-bond acceptors (Lipinski definition) is 3. The fourth-order valence-corrected chi connectivity index (χ4v) is 2.48. The van der Waals surface area contributed by atoms with Crippen molar-refractivity contribution in [2.24, 2.45) is 0 Å². The summed E-state index contributed by atoms with van der Waals surface area (Å²) in [7, 11) is 0. The number of fused-ring (bicyclic) bond motifs is 1. The highest BCUT2D eigenvalue weighted by molar-refractivity contribution is 9.09. The predicted molar refractivity (Wildman–Crippen MR) is 82.9 cm³/mol. The van der Waals surface area contributed by atoms with Crippen LogP contribution in [0.1, 0.15) is 28.7 Å². The first-order valence-electron chi connectivity index (χ1n) is 6.53. The summed E-state index contributed by atoms with van der Waals surface area (Å²) in [4.78, 5) is 4.77. The highest BCUT2D eigenvalue weighted by atomic mass is 79.9. The van der Waals surface area contributed by atoms with Crippen LogP contribution in [0.2, 0.25) is 0 Å². The van der Waals surface area contributed by atoms with E-state index < -0.39 is 0 Å². The molecule has 0 saturated carbocycles. The summed E-state index contributed by atoms with van der Waals surface area (Å²) in [6.45, 7) is 4.76. The standard InChI is InChI=1S/C15H15BrN4/c1-10-7-12(13-5-3-4-6-14(13)17-10)8-20-9-15(11(2)16)18-19-20/h3-7,9,11H,8H2,1-2H3. The van der Waals surface area contributed by atoms with Crippen molar-refractivity contribution in [3.8, 4) is 0 Å². The van der Waals surface area contributed by atoms with Gasteiger partial charge in [0.15, 0.2) is 0 Å². The molecule has 0 aliphatic carbocycles. The van der Waals surface area contributed by atoms with E-state index in [4.69, 9.17) is 0 Å². The largest absolute Gasteiger partial charge is 0.253 e. The fraction of sp³-hybridized carbons (Fsp3) is 0.267. The van der Waals surface area contributed by atoms with E-state index in [-0.39, 0.29) is 4.83 Å². The van der Waals surface area contributed by atoms with Crippen molar-refractivity contribution >= 4 is 26.8 Å². The molecule has 3 rings (SSSR count). The maximum Gasteiger partial charge on any atom is 0.0960 e. The van der Waals surface area contributed by atoms with Crippen LogP contribution >= 0.6 is 15.9 Å². The lowest BCUT2D eigenvalue weighted by atomic mass is 10.1. The van der Waals surface area contributed by atoms with E-state index in [2.05, 4.69) is 43.4 Å². The number of alkyl halides is 1. The molecular formula is C15H15BrN4. The number of aromatic nitrogens is 4. The fourth-order valence-electron chi connectivity index (χ4n) is 2.27. The lowest BCUT2D eigenvalue weighted by Crippen LogP contribution is -2.02. The van der Waals surface area contributed by atoms with Gasteiger partial charge in [0.1, 0.15) is 0 Å². The zero-order valence-electron chi connectivity index (χ0n) is 11.4. The van der Waals surface area contributed by atoms with Gasteiger partial charge in [-0.2, -0.15) is 0 Å². The van der Waals surface area contributed by atoms with Gasteiger partial charge in [0.2, 0.25) is 0 Å². The van der Waals surface area contributed by atoms with E-state index in [1.165, 1.54) is 10.9 Å². The molecule has 1 aromatic carbocycles. The van der Waals surface area contributed by atoms with Crippen LogP contribution in [-0.2, 0) is 6.54 Å². The summed E-state index contributed by atoms with van der Waals surface area (Å²) in [6, 6.07) is 10.3. The van der Waals surface area contributed by atoms with Gasteiger partial charge < -0.3 is 0 Å². The van der Waals surface area contributed by atoms with Crippen LogP contribution in [0, 0.1) is 6.92 Å². The SMILES string of the molecule is Cc1cc(Cn2cc(C(C)Br)nn2)c2ccccc2n1. The topological polar surface area (TPSA) is 43.6 Å². The predicted octanol–water partition coefficient (Wildman–Crippen LogP) is 3.64. The third-order valence-corrected chi connectivity index (χ3v) is 3.70. The summed E-state index contributed by atoms with van der Waals surface area (Å²) in [5.74, 6) is 0. The van der Waals surface area contributed by atoms with Gasteiger partial charge in [-0.05, 0) is 31.5 Å². The first-order chi connectivity index (χ1) is 9.63. The first kappa shape index (κ1) is 13.2. The molecule has 0 saturated heterocycles. The van der Waals surface area contributed by atoms with Crippen LogP contribution in [0.5, 0.6) is 0 Å². The molecule has 0 fully saturated rings. The number of hydrogen-bond donors (Lipinski definition) is 0. The summed E-state index contributed by atoms with van der Waals surface area (Å²) >= 11 is 3.51. The Morgan fingerprint density at radius 2 is 2.10 bits per heavy atom. The minimum absolute atomic E-state index is 0.215. The molecule has 0 N–H and O–H groups in total. The molecule has 0 aliphatic heterocycles. The summed E-state index contributed by atoms with van der Waals surface area (Å²) in [6.07, 6.45) is 1.98. The van der Waals surface area contributed by atoms with Gasteiger partial charge >= 0.3 is 0 Å². The van der Waals surface area contributed by atoms with Gasteiger partial charge in [-0.3, -0.25) is 4.98 Å². The molecule has 3 aromatic rings. The number of rotatable bonds is 3. The number of pyridine rings is 1. The van der Waals surface area contributed by atoms with E-state index in [1.54, 1.807) is 0 Å². The molecule has 4 nitrogen and oxygen atoms in total. The van der Waals surface area contributed by atoms with Gasteiger partial charge in [-0.25, -0.2) is 4.68 Å². The van der Waals surface area contributed by atoms with Crippen molar-refractivity contribution in [1.29, 1.82) is 0 Å². The third-order valence-electron chi connectivity index (χ3n) is 3.23. The molecule has 2 aromatic heterocycles. The number of benzene rings is 1. The number of nitrogens with zero attached hydrogens (tertiary/aromatic N) is 4. The molecule has 0 spiro atoms. The van der Waals surface area contributed by atoms with Crippen molar-refractivity contribution in [3.05, 3.63) is 53.5 Å². The second-order valence-corrected chi connectivity index (χ2v) is 6.27. The Bertz CT molecular complexity index is 748. The maximum atomic E-state index is 4.56. The number of para-hydroxylation sites is 1. The number of aryl methyl sites for hydroxylation is 1. The van der Waals surface area contributed by atoms with E-state index in [1.807, 2.05) is 42.9 Å². The average Bonchev–Trinajstić information content (AvgIpc) is 2.87. The molecule has 0 amide bonds. The highest BCUT2D eigenvalue weighted by Crippen LogP contribution is 2.21. The summed E-state index contributed by atoms with van der Waals surface area (Å²) < 4.78 is 1.87. The highest BCUT2D eigenvalue weighted by Gasteiger charge is 2.09. The molecule has 1 unspecified atom stereocenters. The normalized spacial score (nSPS) is 12.8. The van der Waals surface area contributed by atoms with Crippen LogP contribution in [0.25, 0.3) is 10.9 Å². The van der Waals surface area contributed by atoms with E-state index in [9.17, 15) is 0 Å². The molecule has 5 heteroatoms. The Morgan fingerprint density at radius 3 is 2.85 bits per heavy atom. The van der Waals surface area contributed by atoms with Crippen LogP contribution in [0.15, 0.2) is 36.5 Å². The maximum absolute atomic E-state index is 4.56. The second kappa shape index (κ2) is 5.32. The molecule has 0 radical (unpaired) electrons. The van der Waals surface area contributed by atoms with Gasteiger partial charge in [-0.1, -0.05) is 39.3 Å². The zero-order valence-corrected chi connectivity index (χ0v) is 13.0. The smallest absolute Gasteiger partial charge is 0.0960 e. The van der Waals surface area contributed by atoms with Crippen molar-refractivity contribution < 1.29 is 0 Å². The molecular weight excluding hydrogens is 316 g/mol. The minimum atomic E-state index is 0.215. The monoisotopic (exact) mass is 330 g/mol. The van der Waals surface area contributed by atoms with Gasteiger partial charge in [0, 0.05) is 17.3 Å². The van der Waals surface area contributed by atoms with Crippen molar-refractivity contribution in [3.63, 3.8) is 0 Å². The minimum Gasteiger partial charge on any atom is -0.253 e. The van der Waals surface area contributed by atoms with Crippen LogP contribution in [-0.4, -0.2) is 20.0 Å². The Morgan fingerprint density at radius 1 is 1.30 bits per heavy atom. The zero-order chi connectivity index (χ0) is 14.1. The Balaban J connectivity index is 2.01. The molecule has 0 aliphatic rings. The van der Waals surface area contributed by atoms with Crippen LogP contribution in [0.4, 0.5) is 0 Å². The quantitative estimate of drug-likeness (QED) is 0.688. The Labute approximate surface area is 126 Å². The van der Waals surface area contributed by atoms with Crippen LogP contribution in [0.3, 0.4) is 0 Å². The first-order valence-corrected chi connectivity index (χ1v) is 7.44. The Kier molecular flexibility index (Phi) is 3.53. The average molecular weight is 331 g/mol. The number of halogens is 1. The van der Waals surface area contributed by atoms with E-state index in [0.717, 1.165) is 16.9 Å². The molecule has 102 valence electrons. The van der Waals surface area contributed by atoms with Gasteiger partial charge in [0.05, 0.1) is 22.6 Å². The lowest BCUT2D eigenvalue weighted by molar-refractivity contribution is 0.651. The van der Waals surface area contributed by atoms with Gasteiger partial charge in [-0.15, -0.1) is 5.10 Å². The Hall–Kier alpha value is -1.75. The molecule has 0 bridgehead atoms. The molecule has 20 heavy (non-hydrogen) atoms. The third kappa shape index (κ3) is 2.58. The van der Waals surface area contributed by atoms with Crippen LogP contribution < -0.4 is 0 Å². The van der Waals surface area contributed by atoms with Crippen molar-refractivity contribution in [2.45, 2.75) is 25.2 Å². The second-order valence-electron chi connectivity index (χ2n) is 4.90. The summed E-state index contributed by atoms with van der Waals surface area (Å²) in [5.41, 5.74) is 4.21. The molecule has 2 heterocycles.